The van der Waals surface area contributed by atoms with E-state index in [0.717, 1.165) is 36.7 Å². The SMILES string of the molecule is COc1ccc(OC)c(CNCCNC(C)C)c1. The molecule has 0 radical (unpaired) electrons. The maximum atomic E-state index is 5.33. The van der Waals surface area contributed by atoms with Gasteiger partial charge in [0.2, 0.25) is 0 Å². The molecule has 0 unspecified atom stereocenters. The molecule has 0 heterocycles. The summed E-state index contributed by atoms with van der Waals surface area (Å²) in [6, 6.07) is 6.37. The summed E-state index contributed by atoms with van der Waals surface area (Å²) in [5, 5.41) is 6.75. The average molecular weight is 252 g/mol. The van der Waals surface area contributed by atoms with Crippen molar-refractivity contribution in [2.24, 2.45) is 0 Å². The third kappa shape index (κ3) is 4.94. The van der Waals surface area contributed by atoms with E-state index in [-0.39, 0.29) is 0 Å². The molecule has 0 bridgehead atoms. The molecule has 18 heavy (non-hydrogen) atoms. The number of ether oxygens (including phenoxy) is 2. The van der Waals surface area contributed by atoms with Crippen LogP contribution in [-0.4, -0.2) is 33.4 Å². The molecule has 1 rings (SSSR count). The van der Waals surface area contributed by atoms with Crippen molar-refractivity contribution in [3.63, 3.8) is 0 Å². The summed E-state index contributed by atoms with van der Waals surface area (Å²) in [7, 11) is 3.36. The molecule has 4 nitrogen and oxygen atoms in total. The van der Waals surface area contributed by atoms with Crippen LogP contribution in [0.2, 0.25) is 0 Å². The number of hydrogen-bond donors (Lipinski definition) is 2. The second-order valence-electron chi connectivity index (χ2n) is 4.46. The fraction of sp³-hybridized carbons (Fsp3) is 0.571. The Morgan fingerprint density at radius 2 is 1.89 bits per heavy atom. The molecule has 0 aromatic heterocycles. The van der Waals surface area contributed by atoms with E-state index in [1.807, 2.05) is 18.2 Å². The van der Waals surface area contributed by atoms with Crippen LogP contribution in [0.3, 0.4) is 0 Å². The van der Waals surface area contributed by atoms with Gasteiger partial charge in [-0.25, -0.2) is 0 Å². The van der Waals surface area contributed by atoms with Crippen molar-refractivity contribution in [2.45, 2.75) is 26.4 Å². The number of rotatable bonds is 8. The molecule has 0 saturated carbocycles. The molecule has 0 fully saturated rings. The molecule has 2 N–H and O–H groups in total. The predicted octanol–water partition coefficient (Wildman–Crippen LogP) is 1.79. The van der Waals surface area contributed by atoms with Gasteiger partial charge in [0.1, 0.15) is 11.5 Å². The second kappa shape index (κ2) is 7.95. The van der Waals surface area contributed by atoms with E-state index in [1.54, 1.807) is 14.2 Å². The lowest BCUT2D eigenvalue weighted by Gasteiger charge is -2.12. The highest BCUT2D eigenvalue weighted by Gasteiger charge is 2.04. The van der Waals surface area contributed by atoms with Gasteiger partial charge in [0.05, 0.1) is 14.2 Å². The first kappa shape index (κ1) is 14.8. The van der Waals surface area contributed by atoms with Crippen LogP contribution in [0.4, 0.5) is 0 Å². The summed E-state index contributed by atoms with van der Waals surface area (Å²) in [5.74, 6) is 1.74. The van der Waals surface area contributed by atoms with Crippen molar-refractivity contribution in [2.75, 3.05) is 27.3 Å². The van der Waals surface area contributed by atoms with Crippen LogP contribution in [0.15, 0.2) is 18.2 Å². The highest BCUT2D eigenvalue weighted by molar-refractivity contribution is 5.40. The maximum Gasteiger partial charge on any atom is 0.123 e. The van der Waals surface area contributed by atoms with Crippen molar-refractivity contribution in [3.8, 4) is 11.5 Å². The van der Waals surface area contributed by atoms with E-state index < -0.39 is 0 Å². The van der Waals surface area contributed by atoms with Crippen LogP contribution in [0.5, 0.6) is 11.5 Å². The standard InChI is InChI=1S/C14H24N2O2/c1-11(2)16-8-7-15-10-12-9-13(17-3)5-6-14(12)18-4/h5-6,9,11,15-16H,7-8,10H2,1-4H3. The summed E-state index contributed by atoms with van der Waals surface area (Å²) in [6.45, 7) is 6.96. The average Bonchev–Trinajstić information content (AvgIpc) is 2.37. The molecule has 0 aliphatic heterocycles. The molecule has 0 aliphatic rings. The van der Waals surface area contributed by atoms with Crippen LogP contribution in [0, 0.1) is 0 Å². The lowest BCUT2D eigenvalue weighted by Crippen LogP contribution is -2.31. The Bertz CT molecular complexity index is 354. The van der Waals surface area contributed by atoms with Gasteiger partial charge in [-0.1, -0.05) is 13.8 Å². The molecule has 0 saturated heterocycles. The maximum absolute atomic E-state index is 5.33. The van der Waals surface area contributed by atoms with Gasteiger partial charge in [-0.15, -0.1) is 0 Å². The fourth-order valence-electron chi connectivity index (χ4n) is 1.69. The van der Waals surface area contributed by atoms with Crippen molar-refractivity contribution in [1.29, 1.82) is 0 Å². The first-order valence-corrected chi connectivity index (χ1v) is 6.32. The Hall–Kier alpha value is -1.26. The smallest absolute Gasteiger partial charge is 0.123 e. The monoisotopic (exact) mass is 252 g/mol. The zero-order valence-corrected chi connectivity index (χ0v) is 11.7. The first-order valence-electron chi connectivity index (χ1n) is 6.32. The molecular weight excluding hydrogens is 228 g/mol. The van der Waals surface area contributed by atoms with Crippen LogP contribution in [0.1, 0.15) is 19.4 Å². The Labute approximate surface area is 110 Å². The minimum Gasteiger partial charge on any atom is -0.497 e. The molecule has 102 valence electrons. The summed E-state index contributed by atoms with van der Waals surface area (Å²) < 4.78 is 10.5. The molecule has 1 aromatic rings. The summed E-state index contributed by atoms with van der Waals surface area (Å²) in [5.41, 5.74) is 1.11. The largest absolute Gasteiger partial charge is 0.497 e. The van der Waals surface area contributed by atoms with Crippen molar-refractivity contribution >= 4 is 0 Å². The van der Waals surface area contributed by atoms with Gasteiger partial charge < -0.3 is 20.1 Å². The lowest BCUT2D eigenvalue weighted by molar-refractivity contribution is 0.397. The third-order valence-electron chi connectivity index (χ3n) is 2.66. The normalized spacial score (nSPS) is 10.7. The summed E-state index contributed by atoms with van der Waals surface area (Å²) >= 11 is 0. The second-order valence-corrected chi connectivity index (χ2v) is 4.46. The van der Waals surface area contributed by atoms with Crippen LogP contribution >= 0.6 is 0 Å². The molecule has 0 spiro atoms. The van der Waals surface area contributed by atoms with E-state index in [2.05, 4.69) is 24.5 Å². The third-order valence-corrected chi connectivity index (χ3v) is 2.66. The van der Waals surface area contributed by atoms with Gasteiger partial charge in [-0.05, 0) is 18.2 Å². The quantitative estimate of drug-likeness (QED) is 0.692. The first-order chi connectivity index (χ1) is 8.67. The van der Waals surface area contributed by atoms with Crippen molar-refractivity contribution < 1.29 is 9.47 Å². The molecule has 0 amide bonds. The van der Waals surface area contributed by atoms with Crippen LogP contribution in [0.25, 0.3) is 0 Å². The summed E-state index contributed by atoms with van der Waals surface area (Å²) in [4.78, 5) is 0. The Balaban J connectivity index is 2.44. The highest BCUT2D eigenvalue weighted by Crippen LogP contribution is 2.23. The van der Waals surface area contributed by atoms with Gasteiger partial charge in [0.15, 0.2) is 0 Å². The van der Waals surface area contributed by atoms with E-state index in [9.17, 15) is 0 Å². The number of methoxy groups -OCH3 is 2. The molecule has 1 aromatic carbocycles. The number of hydrogen-bond acceptors (Lipinski definition) is 4. The molecular formula is C14H24N2O2. The van der Waals surface area contributed by atoms with Gasteiger partial charge in [0.25, 0.3) is 0 Å². The van der Waals surface area contributed by atoms with Crippen molar-refractivity contribution in [3.05, 3.63) is 23.8 Å². The number of benzene rings is 1. The summed E-state index contributed by atoms with van der Waals surface area (Å²) in [6.07, 6.45) is 0. The van der Waals surface area contributed by atoms with E-state index >= 15 is 0 Å². The zero-order chi connectivity index (χ0) is 13.4. The molecule has 4 heteroatoms. The highest BCUT2D eigenvalue weighted by atomic mass is 16.5. The van der Waals surface area contributed by atoms with E-state index in [1.165, 1.54) is 0 Å². The Kier molecular flexibility index (Phi) is 6.54. The fourth-order valence-corrected chi connectivity index (χ4v) is 1.69. The minimum atomic E-state index is 0.526. The van der Waals surface area contributed by atoms with Crippen LogP contribution < -0.4 is 20.1 Å². The molecule has 0 aliphatic carbocycles. The van der Waals surface area contributed by atoms with Crippen molar-refractivity contribution in [1.82, 2.24) is 10.6 Å². The van der Waals surface area contributed by atoms with Crippen LogP contribution in [-0.2, 0) is 6.54 Å². The number of nitrogens with one attached hydrogen (secondary N) is 2. The van der Waals surface area contributed by atoms with Gasteiger partial charge in [-0.2, -0.15) is 0 Å². The predicted molar refractivity (Wildman–Crippen MR) is 74.4 cm³/mol. The topological polar surface area (TPSA) is 42.5 Å². The molecule has 0 atom stereocenters. The Morgan fingerprint density at radius 3 is 2.50 bits per heavy atom. The van der Waals surface area contributed by atoms with E-state index in [4.69, 9.17) is 9.47 Å². The van der Waals surface area contributed by atoms with Gasteiger partial charge in [-0.3, -0.25) is 0 Å². The van der Waals surface area contributed by atoms with E-state index in [0.29, 0.717) is 6.04 Å². The Morgan fingerprint density at radius 1 is 1.11 bits per heavy atom. The lowest BCUT2D eigenvalue weighted by atomic mass is 10.2. The van der Waals surface area contributed by atoms with Gasteiger partial charge >= 0.3 is 0 Å². The zero-order valence-electron chi connectivity index (χ0n) is 11.7. The van der Waals surface area contributed by atoms with Gasteiger partial charge in [0, 0.05) is 31.2 Å². The minimum absolute atomic E-state index is 0.526.